The van der Waals surface area contributed by atoms with E-state index < -0.39 is 127 Å². The van der Waals surface area contributed by atoms with Crippen molar-refractivity contribution in [2.45, 2.75) is 318 Å². The Bertz CT molecular complexity index is 4080. The zero-order valence-corrected chi connectivity index (χ0v) is 68.9. The molecule has 0 aromatic heterocycles. The number of allylic oxidation sites excluding steroid dienone is 2. The van der Waals surface area contributed by atoms with E-state index in [2.05, 4.69) is 55.6 Å². The van der Waals surface area contributed by atoms with E-state index in [0.717, 1.165) is 108 Å². The van der Waals surface area contributed by atoms with Crippen LogP contribution in [0.4, 0.5) is 0 Å². The number of Topliss-reactive ketones (excluding diaryl/α,β-unsaturated/α-hetero) is 4. The van der Waals surface area contributed by atoms with Gasteiger partial charge in [0, 0.05) is 103 Å². The number of hydrogen-bond acceptors (Lipinski definition) is 15. The molecule has 22 nitrogen and oxygen atoms in total. The normalized spacial score (nSPS) is 34.3. The van der Waals surface area contributed by atoms with Gasteiger partial charge in [0.25, 0.3) is 0 Å². The van der Waals surface area contributed by atoms with Crippen LogP contribution in [-0.4, -0.2) is 175 Å². The van der Waals surface area contributed by atoms with Crippen molar-refractivity contribution in [2.24, 2.45) is 95.4 Å². The molecule has 13 atom stereocenters. The summed E-state index contributed by atoms with van der Waals surface area (Å²) in [5, 5.41) is 2.95. The highest BCUT2D eigenvalue weighted by Crippen LogP contribution is 2.89. The molecule has 4 spiro atoms. The molecule has 0 radical (unpaired) electrons. The number of nitrogens with one attached hydrogen (secondary N) is 3. The Kier molecular flexibility index (Phi) is 20.8. The number of piperidine rings is 1. The molecule has 610 valence electrons. The van der Waals surface area contributed by atoms with Crippen molar-refractivity contribution in [3.63, 3.8) is 0 Å². The molecule has 5 saturated heterocycles. The van der Waals surface area contributed by atoms with Gasteiger partial charge in [-0.15, -0.1) is 13.2 Å². The largest absolute Gasteiger partial charge is 0.345 e. The highest BCUT2D eigenvalue weighted by Gasteiger charge is 2.87. The number of fused-ring (bicyclic) bond motifs is 2. The minimum Gasteiger partial charge on any atom is -0.345 e. The lowest BCUT2D eigenvalue weighted by Crippen LogP contribution is -2.57. The maximum absolute atomic E-state index is 15.5. The molecule has 2 unspecified atom stereocenters. The van der Waals surface area contributed by atoms with Gasteiger partial charge in [0.2, 0.25) is 29.5 Å². The number of ketones is 4. The summed E-state index contributed by atoms with van der Waals surface area (Å²) in [6, 6.07) is -7.71. The molecule has 5 amide bonds. The van der Waals surface area contributed by atoms with Crippen molar-refractivity contribution in [2.75, 3.05) is 45.8 Å². The number of nitrogens with zero attached hydrogens (tertiary/aromatic N) is 5. The molecule has 24 heteroatoms. The maximum atomic E-state index is 15.5. The highest BCUT2D eigenvalue weighted by atomic mass is 32.2. The third kappa shape index (κ3) is 14.7. The van der Waals surface area contributed by atoms with E-state index in [-0.39, 0.29) is 130 Å². The average molecular weight is 1560 g/mol. The third-order valence-electron chi connectivity index (χ3n) is 31.8. The number of likely N-dealkylation sites (tertiary alicyclic amines) is 3. The van der Waals surface area contributed by atoms with Crippen LogP contribution < -0.4 is 20.5 Å². The Hall–Kier alpha value is -4.75. The van der Waals surface area contributed by atoms with Crippen molar-refractivity contribution in [3.05, 3.63) is 25.3 Å². The van der Waals surface area contributed by atoms with E-state index in [4.69, 9.17) is 15.3 Å². The number of carbonyl (C=O) groups is 9. The van der Waals surface area contributed by atoms with Crippen LogP contribution in [0.1, 0.15) is 292 Å². The standard InChI is InChI=1S/C47H75N5O7S.C38H60N4O6S/c1-9-33-27-45(33,42(57)49-60(58,59)50-23-15-16-24-50)29-38(54)36-28-47(44(7,8)46(47)21-17-22-46)30-52(36)41(56)34(43(4,5)6)26-37(53)39(32-18-11-10-12-19-32)48-40(55)35-20-13-14-25-51(35)31(2)3;1-7-26-21-36(26,33(46)40-49(47,48)41-18-11-12-19-41)23-30(44)28-22-38(35(5,6)37(38)16-13-17-37)24-42(28)32(45)27(34(2,3)4)20-29(43)31(39)25-14-9-8-10-15-25/h9,31-36,39H,1,10-30H2,2-8H3,(H,48,55)(H,49,57);7,25-28,31H,1,8-24,39H2,2-6H3,(H,40,46)/t33-,34-,35+,36+,39?,45-,47-;26-,27-,28+,31?,36-,38-/m11/s1/i2D3,3D3,31D;. The molecule has 0 aromatic rings. The van der Waals surface area contributed by atoms with Crippen molar-refractivity contribution in [3.8, 4) is 0 Å². The fourth-order valence-corrected chi connectivity index (χ4v) is 26.5. The summed E-state index contributed by atoms with van der Waals surface area (Å²) in [5.74, 6) is -6.23. The van der Waals surface area contributed by atoms with Gasteiger partial charge in [-0.3, -0.25) is 48.1 Å². The summed E-state index contributed by atoms with van der Waals surface area (Å²) in [5.41, 5.74) is 1.81. The second-order valence-electron chi connectivity index (χ2n) is 39.5. The molecule has 109 heavy (non-hydrogen) atoms. The van der Waals surface area contributed by atoms with E-state index >= 15 is 9.59 Å². The van der Waals surface area contributed by atoms with Crippen molar-refractivity contribution >= 4 is 73.1 Å². The number of nitrogens with two attached hydrogens (primary N) is 1. The SMILES string of the molecule is C=C[C@@H]1C[C@]1(CC(=O)[C@@H]1C[C@@]2(CN1C(=O)[C@@H](CC(=O)C(N)C1CCCCC1)C(C)(C)C)C(C)(C)C21CCC1)C(=O)NS(=O)(=O)N1CCCC1.[2H]C([2H])([2H])C([2H])(N1CCCC[C@H]1C(=O)NC(C(=O)C[C@H](C(=O)N1C[C@]2(C[C@H]1C(=O)C[C@]1(C(=O)NS(=O)(=O)N3CCCC3)C[C@H]1C=C)C(C)(C)C21CCC1)C(C)(C)C)C1CCCCC1)C([2H])([2H])[2H]. The Morgan fingerprint density at radius 2 is 0.899 bits per heavy atom. The van der Waals surface area contributed by atoms with Gasteiger partial charge in [-0.25, -0.2) is 9.44 Å². The summed E-state index contributed by atoms with van der Waals surface area (Å²) in [7, 11) is -8.15. The van der Waals surface area contributed by atoms with Gasteiger partial charge in [0.05, 0.1) is 41.0 Å². The van der Waals surface area contributed by atoms with Gasteiger partial charge in [-0.05, 0) is 192 Å². The van der Waals surface area contributed by atoms with Crippen molar-refractivity contribution in [1.82, 2.24) is 38.1 Å². The van der Waals surface area contributed by atoms with Crippen LogP contribution in [0, 0.1) is 89.7 Å². The Morgan fingerprint density at radius 1 is 0.514 bits per heavy atom. The minimum atomic E-state index is -4.13. The molecule has 5 aliphatic heterocycles. The lowest BCUT2D eigenvalue weighted by molar-refractivity contribution is -0.147. The predicted molar refractivity (Wildman–Crippen MR) is 419 cm³/mol. The van der Waals surface area contributed by atoms with Gasteiger partial charge in [-0.2, -0.15) is 25.4 Å². The molecule has 0 bridgehead atoms. The molecule has 8 saturated carbocycles. The summed E-state index contributed by atoms with van der Waals surface area (Å²) < 4.78 is 118. The zero-order valence-electron chi connectivity index (χ0n) is 74.2. The third-order valence-corrected chi connectivity index (χ3v) is 34.8. The van der Waals surface area contributed by atoms with Gasteiger partial charge in [-0.1, -0.05) is 139 Å². The van der Waals surface area contributed by atoms with E-state index in [1.54, 1.807) is 22.0 Å². The first-order valence-corrected chi connectivity index (χ1v) is 44.7. The second-order valence-corrected chi connectivity index (χ2v) is 42.8. The van der Waals surface area contributed by atoms with Crippen LogP contribution >= 0.6 is 0 Å². The van der Waals surface area contributed by atoms with Gasteiger partial charge in [0.15, 0.2) is 23.1 Å². The van der Waals surface area contributed by atoms with Crippen molar-refractivity contribution in [1.29, 1.82) is 0 Å². The molecular weight excluding hydrogens is 1420 g/mol. The molecule has 5 heterocycles. The zero-order chi connectivity index (χ0) is 85.3. The number of amides is 5. The summed E-state index contributed by atoms with van der Waals surface area (Å²) in [6.45, 7) is 23.6. The molecule has 8 aliphatic carbocycles. The lowest BCUT2D eigenvalue weighted by Gasteiger charge is -2.40. The van der Waals surface area contributed by atoms with E-state index in [1.165, 1.54) is 8.61 Å². The molecule has 13 aliphatic rings. The fourth-order valence-electron chi connectivity index (χ4n) is 23.9. The van der Waals surface area contributed by atoms with Gasteiger partial charge in [0.1, 0.15) is 0 Å². The van der Waals surface area contributed by atoms with Crippen LogP contribution in [0.15, 0.2) is 25.3 Å². The molecule has 5 N–H and O–H groups in total. The molecular formula is C85H135N9O13S2. The monoisotopic (exact) mass is 1560 g/mol. The number of carbonyl (C=O) groups excluding carboxylic acids is 9. The van der Waals surface area contributed by atoms with Gasteiger partial charge < -0.3 is 20.9 Å². The Balaban J connectivity index is 0.000000224. The first kappa shape index (κ1) is 74.4. The minimum absolute atomic E-state index is 0.0399. The van der Waals surface area contributed by atoms with Crippen LogP contribution in [0.25, 0.3) is 0 Å². The van der Waals surface area contributed by atoms with E-state index in [1.807, 2.05) is 41.5 Å². The fraction of sp³-hybridized carbons (Fsp3) is 0.847. The smallest absolute Gasteiger partial charge is 0.303 e. The van der Waals surface area contributed by atoms with Gasteiger partial charge >= 0.3 is 20.4 Å². The van der Waals surface area contributed by atoms with E-state index in [9.17, 15) is 50.4 Å². The number of hydrogen-bond donors (Lipinski definition) is 4. The second kappa shape index (κ2) is 30.5. The Labute approximate surface area is 662 Å². The summed E-state index contributed by atoms with van der Waals surface area (Å²) in [4.78, 5) is 135. The maximum Gasteiger partial charge on any atom is 0.303 e. The first-order valence-electron chi connectivity index (χ1n) is 45.3. The van der Waals surface area contributed by atoms with E-state index in [0.29, 0.717) is 97.1 Å². The quantitative estimate of drug-likeness (QED) is 0.0556. The molecule has 0 aromatic carbocycles. The lowest BCUT2D eigenvalue weighted by atomic mass is 9.73. The summed E-state index contributed by atoms with van der Waals surface area (Å²) in [6.07, 6.45) is 23.1. The van der Waals surface area contributed by atoms with Crippen LogP contribution in [0.2, 0.25) is 0 Å². The topological polar surface area (TPSA) is 300 Å². The predicted octanol–water partition coefficient (Wildman–Crippen LogP) is 11.3. The highest BCUT2D eigenvalue weighted by molar-refractivity contribution is 7.88. The molecule has 13 rings (SSSR count). The Morgan fingerprint density at radius 3 is 1.26 bits per heavy atom. The van der Waals surface area contributed by atoms with Crippen LogP contribution in [0.3, 0.4) is 0 Å². The van der Waals surface area contributed by atoms with Crippen molar-refractivity contribution < 1.29 is 69.6 Å². The summed E-state index contributed by atoms with van der Waals surface area (Å²) >= 11 is 0. The molecule has 13 fully saturated rings. The average Bonchev–Trinajstić information content (AvgIpc) is 1.46. The number of rotatable bonds is 27. The first-order chi connectivity index (χ1) is 53.8. The van der Waals surface area contributed by atoms with Crippen LogP contribution in [-0.2, 0) is 63.6 Å². The van der Waals surface area contributed by atoms with Crippen LogP contribution in [0.5, 0.6) is 0 Å².